The molecule has 0 unspecified atom stereocenters. The molecule has 4 nitrogen and oxygen atoms in total. The molecule has 0 bridgehead atoms. The van der Waals surface area contributed by atoms with Gasteiger partial charge >= 0.3 is 0 Å². The third kappa shape index (κ3) is 3.22. The lowest BCUT2D eigenvalue weighted by molar-refractivity contribution is 0.0123. The molecule has 2 rings (SSSR count). The summed E-state index contributed by atoms with van der Waals surface area (Å²) >= 11 is 0. The van der Waals surface area contributed by atoms with Gasteiger partial charge in [0.05, 0.1) is 32.5 Å². The maximum Gasteiger partial charge on any atom is 0.0638 e. The van der Waals surface area contributed by atoms with Crippen LogP contribution in [0.1, 0.15) is 0 Å². The van der Waals surface area contributed by atoms with Gasteiger partial charge in [0.15, 0.2) is 0 Å². The van der Waals surface area contributed by atoms with Gasteiger partial charge in [-0.05, 0) is 0 Å². The third-order valence-corrected chi connectivity index (χ3v) is 2.61. The maximum absolute atomic E-state index is 5.90. The van der Waals surface area contributed by atoms with Crippen molar-refractivity contribution in [3.05, 3.63) is 0 Å². The maximum atomic E-state index is 5.90. The van der Waals surface area contributed by atoms with Crippen molar-refractivity contribution in [3.8, 4) is 0 Å². The number of rotatable bonds is 1. The van der Waals surface area contributed by atoms with E-state index in [0.717, 1.165) is 32.9 Å². The number of nitrogens with two attached hydrogens (primary N) is 1. The van der Waals surface area contributed by atoms with Crippen LogP contribution in [0.5, 0.6) is 0 Å². The minimum atomic E-state index is 0. The topological polar surface area (TPSA) is 47.7 Å². The normalized spacial score (nSPS) is 33.2. The van der Waals surface area contributed by atoms with Gasteiger partial charge in [0.25, 0.3) is 0 Å². The fraction of sp³-hybridized carbons (Fsp3) is 1.00. The molecule has 0 aliphatic carbocycles. The molecule has 14 heavy (non-hydrogen) atoms. The highest BCUT2D eigenvalue weighted by molar-refractivity contribution is 5.85. The van der Waals surface area contributed by atoms with Gasteiger partial charge in [0, 0.05) is 19.1 Å². The molecular formula is C8H18Cl2N2O2. The van der Waals surface area contributed by atoms with Crippen molar-refractivity contribution >= 4 is 24.8 Å². The van der Waals surface area contributed by atoms with Crippen LogP contribution in [-0.2, 0) is 9.47 Å². The molecule has 2 aliphatic heterocycles. The summed E-state index contributed by atoms with van der Waals surface area (Å²) in [4.78, 5) is 2.38. The number of ether oxygens (including phenoxy) is 2. The quantitative estimate of drug-likeness (QED) is 0.700. The zero-order valence-electron chi connectivity index (χ0n) is 8.05. The van der Waals surface area contributed by atoms with Gasteiger partial charge in [-0.3, -0.25) is 4.90 Å². The second kappa shape index (κ2) is 6.82. The number of morpholine rings is 1. The molecule has 2 aliphatic rings. The van der Waals surface area contributed by atoms with Gasteiger partial charge < -0.3 is 15.2 Å². The molecule has 6 heteroatoms. The molecule has 0 amide bonds. The average molecular weight is 245 g/mol. The van der Waals surface area contributed by atoms with E-state index in [2.05, 4.69) is 4.90 Å². The average Bonchev–Trinajstić information content (AvgIpc) is 2.53. The fourth-order valence-electron chi connectivity index (χ4n) is 1.84. The summed E-state index contributed by atoms with van der Waals surface area (Å²) in [5.41, 5.74) is 5.90. The Hall–Kier alpha value is 0.420. The highest BCUT2D eigenvalue weighted by atomic mass is 35.5. The molecule has 0 spiro atoms. The monoisotopic (exact) mass is 244 g/mol. The second-order valence-corrected chi connectivity index (χ2v) is 3.42. The molecule has 2 heterocycles. The number of hydrogen-bond acceptors (Lipinski definition) is 4. The lowest BCUT2D eigenvalue weighted by Crippen LogP contribution is -2.51. The van der Waals surface area contributed by atoms with E-state index in [9.17, 15) is 0 Å². The first-order valence-corrected chi connectivity index (χ1v) is 4.53. The van der Waals surface area contributed by atoms with Crippen LogP contribution in [0.4, 0.5) is 0 Å². The number of nitrogens with zero attached hydrogens (tertiary/aromatic N) is 1. The van der Waals surface area contributed by atoms with Crippen LogP contribution in [0.25, 0.3) is 0 Å². The summed E-state index contributed by atoms with van der Waals surface area (Å²) in [6, 6.07) is 0.622. The predicted octanol–water partition coefficient (Wildman–Crippen LogP) is -0.112. The van der Waals surface area contributed by atoms with E-state index in [0.29, 0.717) is 12.6 Å². The van der Waals surface area contributed by atoms with Gasteiger partial charge in [-0.15, -0.1) is 24.8 Å². The lowest BCUT2D eigenvalue weighted by Gasteiger charge is -2.33. The predicted molar refractivity (Wildman–Crippen MR) is 59.5 cm³/mol. The molecule has 0 aromatic rings. The Morgan fingerprint density at radius 1 is 1.00 bits per heavy atom. The summed E-state index contributed by atoms with van der Waals surface area (Å²) < 4.78 is 10.6. The third-order valence-electron chi connectivity index (χ3n) is 2.61. The van der Waals surface area contributed by atoms with E-state index >= 15 is 0 Å². The van der Waals surface area contributed by atoms with E-state index in [4.69, 9.17) is 15.2 Å². The van der Waals surface area contributed by atoms with Crippen molar-refractivity contribution in [2.24, 2.45) is 5.73 Å². The van der Waals surface area contributed by atoms with Crippen molar-refractivity contribution in [2.75, 3.05) is 39.5 Å². The van der Waals surface area contributed by atoms with Crippen LogP contribution < -0.4 is 5.73 Å². The van der Waals surface area contributed by atoms with E-state index in [1.54, 1.807) is 0 Å². The van der Waals surface area contributed by atoms with Crippen LogP contribution in [-0.4, -0.2) is 56.5 Å². The van der Waals surface area contributed by atoms with Crippen LogP contribution in [0.2, 0.25) is 0 Å². The van der Waals surface area contributed by atoms with Crippen molar-refractivity contribution < 1.29 is 9.47 Å². The minimum absolute atomic E-state index is 0. The summed E-state index contributed by atoms with van der Waals surface area (Å²) in [5, 5.41) is 0. The van der Waals surface area contributed by atoms with Crippen molar-refractivity contribution in [3.63, 3.8) is 0 Å². The zero-order chi connectivity index (χ0) is 8.39. The molecule has 2 fully saturated rings. The van der Waals surface area contributed by atoms with E-state index in [1.807, 2.05) is 0 Å². The molecule has 2 saturated heterocycles. The molecule has 0 aromatic carbocycles. The molecule has 0 saturated carbocycles. The first-order valence-electron chi connectivity index (χ1n) is 4.53. The van der Waals surface area contributed by atoms with Gasteiger partial charge in [0.2, 0.25) is 0 Å². The van der Waals surface area contributed by atoms with Crippen LogP contribution >= 0.6 is 24.8 Å². The first-order chi connectivity index (χ1) is 5.88. The summed E-state index contributed by atoms with van der Waals surface area (Å²) in [5.74, 6) is 0. The van der Waals surface area contributed by atoms with Crippen LogP contribution in [0.15, 0.2) is 0 Å². The number of hydrogen-bond donors (Lipinski definition) is 1. The largest absolute Gasteiger partial charge is 0.379 e. The van der Waals surface area contributed by atoms with Crippen molar-refractivity contribution in [2.45, 2.75) is 12.1 Å². The van der Waals surface area contributed by atoms with Gasteiger partial charge in [-0.2, -0.15) is 0 Å². The highest BCUT2D eigenvalue weighted by Gasteiger charge is 2.30. The number of halogens is 2. The molecule has 0 aromatic heterocycles. The Morgan fingerprint density at radius 3 is 2.14 bits per heavy atom. The van der Waals surface area contributed by atoms with Crippen molar-refractivity contribution in [1.29, 1.82) is 0 Å². The smallest absolute Gasteiger partial charge is 0.0638 e. The Labute approximate surface area is 96.9 Å². The first kappa shape index (κ1) is 14.4. The summed E-state index contributed by atoms with van der Waals surface area (Å²) in [6.45, 7) is 5.18. The standard InChI is InChI=1S/C8H16N2O2.2ClH/c9-7-5-12-6-8(7)10-1-3-11-4-2-10;;/h7-8H,1-6,9H2;2*1H/t7-,8-;;/m1../s1. The summed E-state index contributed by atoms with van der Waals surface area (Å²) in [7, 11) is 0. The highest BCUT2D eigenvalue weighted by Crippen LogP contribution is 2.12. The van der Waals surface area contributed by atoms with E-state index in [-0.39, 0.29) is 30.9 Å². The Bertz CT molecular complexity index is 156. The van der Waals surface area contributed by atoms with Gasteiger partial charge in [-0.1, -0.05) is 0 Å². The van der Waals surface area contributed by atoms with E-state index < -0.39 is 0 Å². The van der Waals surface area contributed by atoms with Crippen molar-refractivity contribution in [1.82, 2.24) is 4.90 Å². The Balaban J connectivity index is 0.000000845. The van der Waals surface area contributed by atoms with E-state index in [1.165, 1.54) is 0 Å². The molecule has 86 valence electrons. The SMILES string of the molecule is Cl.Cl.N[C@@H]1COC[C@H]1N1CCOCC1. The molecule has 0 radical (unpaired) electrons. The zero-order valence-corrected chi connectivity index (χ0v) is 9.69. The Morgan fingerprint density at radius 2 is 1.64 bits per heavy atom. The minimum Gasteiger partial charge on any atom is -0.379 e. The fourth-order valence-corrected chi connectivity index (χ4v) is 1.84. The van der Waals surface area contributed by atoms with Crippen LogP contribution in [0.3, 0.4) is 0 Å². The lowest BCUT2D eigenvalue weighted by atomic mass is 10.1. The van der Waals surface area contributed by atoms with Gasteiger partial charge in [-0.25, -0.2) is 0 Å². The molecule has 2 atom stereocenters. The second-order valence-electron chi connectivity index (χ2n) is 3.42. The summed E-state index contributed by atoms with van der Waals surface area (Å²) in [6.07, 6.45) is 0. The molecule has 2 N–H and O–H groups in total. The van der Waals surface area contributed by atoms with Gasteiger partial charge in [0.1, 0.15) is 0 Å². The molecular weight excluding hydrogens is 227 g/mol. The Kier molecular flexibility index (Phi) is 7.03. The van der Waals surface area contributed by atoms with Crippen LogP contribution in [0, 0.1) is 0 Å².